The zero-order chi connectivity index (χ0) is 27.9. The molecule has 9 heteroatoms. The van der Waals surface area contributed by atoms with Crippen molar-refractivity contribution in [3.8, 4) is 5.75 Å². The summed E-state index contributed by atoms with van der Waals surface area (Å²) in [6.45, 7) is 7.81. The molecule has 1 heterocycles. The van der Waals surface area contributed by atoms with Crippen LogP contribution in [0.25, 0.3) is 0 Å². The van der Waals surface area contributed by atoms with Crippen LogP contribution in [0.5, 0.6) is 5.75 Å². The summed E-state index contributed by atoms with van der Waals surface area (Å²) in [6, 6.07) is 13.8. The summed E-state index contributed by atoms with van der Waals surface area (Å²) in [7, 11) is 2.88. The van der Waals surface area contributed by atoms with Crippen LogP contribution >= 0.6 is 0 Å². The fraction of sp³-hybridized carbons (Fsp3) is 0.483. The molecular formula is C29H38N2O7. The third-order valence-corrected chi connectivity index (χ3v) is 6.24. The lowest BCUT2D eigenvalue weighted by atomic mass is 10.0. The highest BCUT2D eigenvalue weighted by atomic mass is 16.7. The molecule has 38 heavy (non-hydrogen) atoms. The summed E-state index contributed by atoms with van der Waals surface area (Å²) in [6.07, 6.45) is 0.388. The van der Waals surface area contributed by atoms with E-state index in [-0.39, 0.29) is 17.9 Å². The highest BCUT2D eigenvalue weighted by molar-refractivity contribution is 6.01. The SMILES string of the molecule is COc1ccc(C(=O)N(OC)[C@@H]2CN(C(=O)OC(C)(C)C)CCC[C@H]2OCc2ccccc2)cc1C(C)=O. The van der Waals surface area contributed by atoms with Crippen molar-refractivity contribution >= 4 is 17.8 Å². The van der Waals surface area contributed by atoms with E-state index < -0.39 is 29.7 Å². The van der Waals surface area contributed by atoms with Gasteiger partial charge in [0.2, 0.25) is 0 Å². The highest BCUT2D eigenvalue weighted by Crippen LogP contribution is 2.26. The van der Waals surface area contributed by atoms with Crippen LogP contribution in [0.3, 0.4) is 0 Å². The van der Waals surface area contributed by atoms with Crippen molar-refractivity contribution in [2.75, 3.05) is 27.3 Å². The van der Waals surface area contributed by atoms with Crippen LogP contribution in [0.1, 0.15) is 66.8 Å². The van der Waals surface area contributed by atoms with E-state index in [1.54, 1.807) is 17.0 Å². The number of carbonyl (C=O) groups excluding carboxylic acids is 3. The first-order valence-corrected chi connectivity index (χ1v) is 12.7. The number of methoxy groups -OCH3 is 1. The number of hydroxylamine groups is 2. The van der Waals surface area contributed by atoms with Gasteiger partial charge in [-0.2, -0.15) is 0 Å². The van der Waals surface area contributed by atoms with Crippen molar-refractivity contribution in [1.82, 2.24) is 9.96 Å². The maximum absolute atomic E-state index is 13.7. The number of amides is 2. The molecule has 3 rings (SSSR count). The molecule has 0 spiro atoms. The third-order valence-electron chi connectivity index (χ3n) is 6.24. The van der Waals surface area contributed by atoms with Crippen molar-refractivity contribution in [1.29, 1.82) is 0 Å². The second-order valence-electron chi connectivity index (χ2n) is 10.3. The molecule has 2 atom stereocenters. The van der Waals surface area contributed by atoms with Gasteiger partial charge >= 0.3 is 6.09 Å². The number of benzene rings is 2. The van der Waals surface area contributed by atoms with Crippen LogP contribution in [0.2, 0.25) is 0 Å². The van der Waals surface area contributed by atoms with E-state index in [0.717, 1.165) is 5.56 Å². The van der Waals surface area contributed by atoms with E-state index in [0.29, 0.717) is 37.3 Å². The highest BCUT2D eigenvalue weighted by Gasteiger charge is 2.38. The molecule has 0 unspecified atom stereocenters. The summed E-state index contributed by atoms with van der Waals surface area (Å²) in [5.41, 5.74) is 0.886. The van der Waals surface area contributed by atoms with Gasteiger partial charge in [-0.25, -0.2) is 9.86 Å². The van der Waals surface area contributed by atoms with Crippen molar-refractivity contribution in [3.05, 3.63) is 65.2 Å². The van der Waals surface area contributed by atoms with Gasteiger partial charge in [-0.15, -0.1) is 0 Å². The van der Waals surface area contributed by atoms with E-state index in [9.17, 15) is 14.4 Å². The minimum Gasteiger partial charge on any atom is -0.496 e. The lowest BCUT2D eigenvalue weighted by Crippen LogP contribution is -2.53. The number of hydrogen-bond acceptors (Lipinski definition) is 7. The average Bonchev–Trinajstić information content (AvgIpc) is 3.10. The first kappa shape index (κ1) is 29.1. The van der Waals surface area contributed by atoms with Crippen LogP contribution in [-0.2, 0) is 20.9 Å². The van der Waals surface area contributed by atoms with Crippen molar-refractivity contribution in [3.63, 3.8) is 0 Å². The summed E-state index contributed by atoms with van der Waals surface area (Å²) < 4.78 is 17.2. The zero-order valence-electron chi connectivity index (χ0n) is 23.1. The Hall–Kier alpha value is -3.43. The van der Waals surface area contributed by atoms with Crippen LogP contribution in [-0.4, -0.2) is 72.8 Å². The Bertz CT molecular complexity index is 1110. The smallest absolute Gasteiger partial charge is 0.410 e. The molecule has 1 saturated heterocycles. The van der Waals surface area contributed by atoms with Crippen molar-refractivity contribution in [2.45, 2.75) is 64.9 Å². The molecule has 2 aromatic rings. The maximum atomic E-state index is 13.7. The van der Waals surface area contributed by atoms with Gasteiger partial charge < -0.3 is 19.1 Å². The van der Waals surface area contributed by atoms with Crippen molar-refractivity contribution < 1.29 is 33.4 Å². The fourth-order valence-electron chi connectivity index (χ4n) is 4.41. The third kappa shape index (κ3) is 7.55. The van der Waals surface area contributed by atoms with E-state index in [1.807, 2.05) is 51.1 Å². The molecule has 0 saturated carbocycles. The first-order valence-electron chi connectivity index (χ1n) is 12.7. The second kappa shape index (κ2) is 12.9. The molecule has 9 nitrogen and oxygen atoms in total. The van der Waals surface area contributed by atoms with Crippen LogP contribution in [0, 0.1) is 0 Å². The number of nitrogens with zero attached hydrogens (tertiary/aromatic N) is 2. The molecule has 1 fully saturated rings. The van der Waals surface area contributed by atoms with Crippen LogP contribution in [0.4, 0.5) is 4.79 Å². The predicted molar refractivity (Wildman–Crippen MR) is 142 cm³/mol. The van der Waals surface area contributed by atoms with E-state index in [1.165, 1.54) is 32.3 Å². The molecule has 1 aliphatic heterocycles. The minimum absolute atomic E-state index is 0.156. The molecule has 0 aliphatic carbocycles. The molecule has 0 radical (unpaired) electrons. The minimum atomic E-state index is -0.662. The number of carbonyl (C=O) groups is 3. The average molecular weight is 527 g/mol. The largest absolute Gasteiger partial charge is 0.496 e. The summed E-state index contributed by atoms with van der Waals surface area (Å²) >= 11 is 0. The number of hydrogen-bond donors (Lipinski definition) is 0. The normalized spacial score (nSPS) is 17.9. The Morgan fingerprint density at radius 1 is 1.05 bits per heavy atom. The molecule has 1 aliphatic rings. The maximum Gasteiger partial charge on any atom is 0.410 e. The Balaban J connectivity index is 1.93. The number of ketones is 1. The van der Waals surface area contributed by atoms with Crippen LogP contribution < -0.4 is 4.74 Å². The molecule has 2 amide bonds. The van der Waals surface area contributed by atoms with Gasteiger partial charge in [0.1, 0.15) is 17.4 Å². The Morgan fingerprint density at radius 2 is 1.76 bits per heavy atom. The Labute approximate surface area is 224 Å². The van der Waals surface area contributed by atoms with Gasteiger partial charge in [0.15, 0.2) is 5.78 Å². The monoisotopic (exact) mass is 526 g/mol. The number of ether oxygens (including phenoxy) is 3. The molecule has 0 N–H and O–H groups in total. The van der Waals surface area contributed by atoms with Gasteiger partial charge in [0.05, 0.1) is 32.5 Å². The van der Waals surface area contributed by atoms with Gasteiger partial charge in [-0.05, 0) is 64.3 Å². The molecular weight excluding hydrogens is 488 g/mol. The zero-order valence-corrected chi connectivity index (χ0v) is 23.1. The molecule has 0 aromatic heterocycles. The molecule has 0 bridgehead atoms. The fourth-order valence-corrected chi connectivity index (χ4v) is 4.41. The van der Waals surface area contributed by atoms with Crippen LogP contribution in [0.15, 0.2) is 48.5 Å². The molecule has 206 valence electrons. The quantitative estimate of drug-likeness (QED) is 0.357. The standard InChI is InChI=1S/C29H38N2O7/c1-20(32)23-17-22(14-15-25(23)35-5)27(33)31(36-6)24-18-30(28(34)38-29(2,3)4)16-10-13-26(24)37-19-21-11-8-7-9-12-21/h7-9,11-12,14-15,17,24,26H,10,13,16,18-19H2,1-6H3/t24-,26-/m1/s1. The van der Waals surface area contributed by atoms with Gasteiger partial charge in [0.25, 0.3) is 5.91 Å². The van der Waals surface area contributed by atoms with E-state index >= 15 is 0 Å². The number of Topliss-reactive ketones (excluding diaryl/α,β-unsaturated/α-hetero) is 1. The predicted octanol–water partition coefficient (Wildman–Crippen LogP) is 4.89. The lowest BCUT2D eigenvalue weighted by Gasteiger charge is -2.36. The number of rotatable bonds is 8. The number of likely N-dealkylation sites (tertiary alicyclic amines) is 1. The Morgan fingerprint density at radius 3 is 2.37 bits per heavy atom. The van der Waals surface area contributed by atoms with E-state index in [2.05, 4.69) is 0 Å². The lowest BCUT2D eigenvalue weighted by molar-refractivity contribution is -0.160. The Kier molecular flexibility index (Phi) is 9.88. The van der Waals surface area contributed by atoms with Gasteiger partial charge in [-0.1, -0.05) is 30.3 Å². The first-order chi connectivity index (χ1) is 18.0. The van der Waals surface area contributed by atoms with Gasteiger partial charge in [0, 0.05) is 18.7 Å². The topological polar surface area (TPSA) is 94.6 Å². The van der Waals surface area contributed by atoms with Crippen molar-refractivity contribution in [2.24, 2.45) is 0 Å². The molecule has 2 aromatic carbocycles. The van der Waals surface area contributed by atoms with Gasteiger partial charge in [-0.3, -0.25) is 14.4 Å². The van der Waals surface area contributed by atoms with E-state index in [4.69, 9.17) is 19.0 Å². The summed E-state index contributed by atoms with van der Waals surface area (Å²) in [5, 5.41) is 1.24. The summed E-state index contributed by atoms with van der Waals surface area (Å²) in [5.74, 6) is -0.301. The second-order valence-corrected chi connectivity index (χ2v) is 10.3. The summed E-state index contributed by atoms with van der Waals surface area (Å²) in [4.78, 5) is 46.2.